The van der Waals surface area contributed by atoms with Crippen molar-refractivity contribution in [2.75, 3.05) is 31.0 Å². The lowest BCUT2D eigenvalue weighted by atomic mass is 10.2. The van der Waals surface area contributed by atoms with Crippen LogP contribution in [0.15, 0.2) is 72.8 Å². The average molecular weight is 439 g/mol. The summed E-state index contributed by atoms with van der Waals surface area (Å²) in [7, 11) is 1.64. The number of nitrogens with one attached hydrogen (secondary N) is 2. The molecule has 4 rings (SSSR count). The molecule has 1 aromatic heterocycles. The summed E-state index contributed by atoms with van der Waals surface area (Å²) >= 11 is 0. The smallest absolute Gasteiger partial charge is 0.229 e. The molecule has 0 unspecified atom stereocenters. The highest BCUT2D eigenvalue weighted by molar-refractivity contribution is 5.92. The third kappa shape index (κ3) is 5.53. The molecule has 0 saturated carbocycles. The molecule has 0 radical (unpaired) electrons. The van der Waals surface area contributed by atoms with E-state index in [1.165, 1.54) is 0 Å². The summed E-state index contributed by atoms with van der Waals surface area (Å²) in [5.41, 5.74) is 2.56. The van der Waals surface area contributed by atoms with Gasteiger partial charge in [0.1, 0.15) is 23.9 Å². The molecule has 0 fully saturated rings. The first kappa shape index (κ1) is 22.1. The maximum Gasteiger partial charge on any atom is 0.229 e. The fraction of sp³-hybridized carbons (Fsp3) is 0.130. The van der Waals surface area contributed by atoms with Gasteiger partial charge >= 0.3 is 0 Å². The van der Waals surface area contributed by atoms with Crippen molar-refractivity contribution in [2.24, 2.45) is 0 Å². The third-order valence-electron chi connectivity index (χ3n) is 4.43. The van der Waals surface area contributed by atoms with Crippen LogP contribution in [0.2, 0.25) is 0 Å². The van der Waals surface area contributed by atoms with E-state index >= 15 is 0 Å². The minimum atomic E-state index is -0.0189. The molecule has 0 saturated heterocycles. The van der Waals surface area contributed by atoms with Crippen LogP contribution in [0.1, 0.15) is 0 Å². The summed E-state index contributed by atoms with van der Waals surface area (Å²) in [4.78, 5) is 9.30. The van der Waals surface area contributed by atoms with Crippen molar-refractivity contribution in [3.63, 3.8) is 0 Å². The van der Waals surface area contributed by atoms with E-state index in [9.17, 15) is 0 Å². The Bertz CT molecular complexity index is 1120. The molecule has 0 atom stereocenters. The number of benzene rings is 3. The first-order valence-corrected chi connectivity index (χ1v) is 9.54. The molecule has 0 bridgehead atoms. The first-order valence-electron chi connectivity index (χ1n) is 9.54. The predicted octanol–water partition coefficient (Wildman–Crippen LogP) is 4.92. The number of para-hydroxylation sites is 1. The van der Waals surface area contributed by atoms with Gasteiger partial charge in [0, 0.05) is 16.8 Å². The monoisotopic (exact) mass is 438 g/mol. The minimum absolute atomic E-state index is 0. The van der Waals surface area contributed by atoms with Gasteiger partial charge in [0.05, 0.1) is 19.2 Å². The van der Waals surface area contributed by atoms with E-state index in [-0.39, 0.29) is 25.6 Å². The number of ether oxygens (including phenoxy) is 2. The van der Waals surface area contributed by atoms with E-state index in [0.29, 0.717) is 17.5 Å². The molecule has 3 N–H and O–H groups in total. The van der Waals surface area contributed by atoms with Crippen molar-refractivity contribution in [1.82, 2.24) is 9.97 Å². The molecule has 1 heterocycles. The third-order valence-corrected chi connectivity index (χ3v) is 4.43. The second kappa shape index (κ2) is 10.5. The SMILES string of the molecule is COc1ccc(Nc2nc(Nc3ccc(OCCO)cc3)nc3ccccc23)cc1.Cl. The Morgan fingerprint density at radius 3 is 2.13 bits per heavy atom. The molecule has 160 valence electrons. The van der Waals surface area contributed by atoms with Gasteiger partial charge < -0.3 is 25.2 Å². The lowest BCUT2D eigenvalue weighted by molar-refractivity contribution is 0.201. The molecule has 31 heavy (non-hydrogen) atoms. The summed E-state index contributed by atoms with van der Waals surface area (Å²) in [5.74, 6) is 2.67. The van der Waals surface area contributed by atoms with Crippen molar-refractivity contribution < 1.29 is 14.6 Å². The number of nitrogens with zero attached hydrogens (tertiary/aromatic N) is 2. The fourth-order valence-electron chi connectivity index (χ4n) is 2.97. The van der Waals surface area contributed by atoms with Crippen LogP contribution in [-0.4, -0.2) is 35.4 Å². The summed E-state index contributed by atoms with van der Waals surface area (Å²) in [6, 6.07) is 22.9. The molecule has 0 aliphatic carbocycles. The highest BCUT2D eigenvalue weighted by Gasteiger charge is 2.09. The average Bonchev–Trinajstić information content (AvgIpc) is 2.79. The van der Waals surface area contributed by atoms with Crippen LogP contribution in [0.25, 0.3) is 10.9 Å². The lowest BCUT2D eigenvalue weighted by Crippen LogP contribution is -2.03. The van der Waals surface area contributed by atoms with Crippen LogP contribution < -0.4 is 20.1 Å². The second-order valence-corrected chi connectivity index (χ2v) is 6.49. The zero-order chi connectivity index (χ0) is 20.8. The molecule has 4 aromatic rings. The van der Waals surface area contributed by atoms with Gasteiger partial charge in [-0.05, 0) is 60.7 Å². The van der Waals surface area contributed by atoms with E-state index in [4.69, 9.17) is 14.6 Å². The number of halogens is 1. The van der Waals surface area contributed by atoms with Crippen molar-refractivity contribution >= 4 is 46.5 Å². The molecule has 0 spiro atoms. The quantitative estimate of drug-likeness (QED) is 0.360. The molecule has 0 amide bonds. The van der Waals surface area contributed by atoms with E-state index < -0.39 is 0 Å². The number of aliphatic hydroxyl groups excluding tert-OH is 1. The van der Waals surface area contributed by atoms with E-state index in [2.05, 4.69) is 20.6 Å². The van der Waals surface area contributed by atoms with Crippen molar-refractivity contribution in [3.05, 3.63) is 72.8 Å². The van der Waals surface area contributed by atoms with Crippen LogP contribution in [0.4, 0.5) is 23.1 Å². The summed E-state index contributed by atoms with van der Waals surface area (Å²) in [6.07, 6.45) is 0. The van der Waals surface area contributed by atoms with Crippen LogP contribution in [0.5, 0.6) is 11.5 Å². The standard InChI is InChI=1S/C23H22N4O3.ClH/c1-29-18-10-6-16(7-11-18)24-22-20-4-2-3-5-21(20)26-23(27-22)25-17-8-12-19(13-9-17)30-15-14-28;/h2-13,28H,14-15H2,1H3,(H2,24,25,26,27);1H. The number of methoxy groups -OCH3 is 1. The number of anilines is 4. The van der Waals surface area contributed by atoms with Crippen LogP contribution >= 0.6 is 12.4 Å². The Labute approximate surface area is 186 Å². The Balaban J connectivity index is 0.00000272. The molecule has 8 heteroatoms. The van der Waals surface area contributed by atoms with Gasteiger partial charge in [-0.25, -0.2) is 4.98 Å². The minimum Gasteiger partial charge on any atom is -0.497 e. The van der Waals surface area contributed by atoms with Gasteiger partial charge in [0.15, 0.2) is 0 Å². The van der Waals surface area contributed by atoms with Gasteiger partial charge in [-0.15, -0.1) is 12.4 Å². The molecular weight excluding hydrogens is 416 g/mol. The number of hydrogen-bond donors (Lipinski definition) is 3. The topological polar surface area (TPSA) is 88.5 Å². The molecule has 7 nitrogen and oxygen atoms in total. The number of rotatable bonds is 8. The normalized spacial score (nSPS) is 10.3. The first-order chi connectivity index (χ1) is 14.7. The summed E-state index contributed by atoms with van der Waals surface area (Å²) in [5, 5.41) is 16.4. The van der Waals surface area contributed by atoms with Crippen molar-refractivity contribution in [2.45, 2.75) is 0 Å². The number of aliphatic hydroxyl groups is 1. The zero-order valence-corrected chi connectivity index (χ0v) is 17.7. The second-order valence-electron chi connectivity index (χ2n) is 6.49. The Hall–Kier alpha value is -3.55. The maximum absolute atomic E-state index is 8.86. The lowest BCUT2D eigenvalue weighted by Gasteiger charge is -2.12. The molecule has 0 aliphatic heterocycles. The van der Waals surface area contributed by atoms with Gasteiger partial charge in [0.2, 0.25) is 5.95 Å². The van der Waals surface area contributed by atoms with Crippen molar-refractivity contribution in [3.8, 4) is 11.5 Å². The number of fused-ring (bicyclic) bond motifs is 1. The number of aromatic nitrogens is 2. The Morgan fingerprint density at radius 2 is 1.45 bits per heavy atom. The summed E-state index contributed by atoms with van der Waals surface area (Å²) < 4.78 is 10.6. The molecule has 0 aliphatic rings. The Kier molecular flexibility index (Phi) is 7.48. The van der Waals surface area contributed by atoms with E-state index in [1.54, 1.807) is 7.11 Å². The van der Waals surface area contributed by atoms with Crippen LogP contribution in [-0.2, 0) is 0 Å². The Morgan fingerprint density at radius 1 is 0.806 bits per heavy atom. The maximum atomic E-state index is 8.86. The van der Waals surface area contributed by atoms with E-state index in [0.717, 1.165) is 28.0 Å². The van der Waals surface area contributed by atoms with Crippen LogP contribution in [0, 0.1) is 0 Å². The van der Waals surface area contributed by atoms with Gasteiger partial charge in [0.25, 0.3) is 0 Å². The van der Waals surface area contributed by atoms with Crippen LogP contribution in [0.3, 0.4) is 0 Å². The summed E-state index contributed by atoms with van der Waals surface area (Å²) in [6.45, 7) is 0.246. The molecule has 3 aromatic carbocycles. The van der Waals surface area contributed by atoms with Gasteiger partial charge in [-0.2, -0.15) is 4.98 Å². The van der Waals surface area contributed by atoms with Gasteiger partial charge in [-0.1, -0.05) is 12.1 Å². The number of hydrogen-bond acceptors (Lipinski definition) is 7. The fourth-order valence-corrected chi connectivity index (χ4v) is 2.97. The van der Waals surface area contributed by atoms with Crippen molar-refractivity contribution in [1.29, 1.82) is 0 Å². The predicted molar refractivity (Wildman–Crippen MR) is 125 cm³/mol. The largest absolute Gasteiger partial charge is 0.497 e. The molecular formula is C23H23ClN4O3. The highest BCUT2D eigenvalue weighted by Crippen LogP contribution is 2.27. The van der Waals surface area contributed by atoms with Gasteiger partial charge in [-0.3, -0.25) is 0 Å². The van der Waals surface area contributed by atoms with E-state index in [1.807, 2.05) is 72.8 Å². The highest BCUT2D eigenvalue weighted by atomic mass is 35.5. The zero-order valence-electron chi connectivity index (χ0n) is 16.9.